The van der Waals surface area contributed by atoms with Crippen LogP contribution in [-0.2, 0) is 11.2 Å². The number of anilines is 1. The first-order valence-electron chi connectivity index (χ1n) is 7.97. The van der Waals surface area contributed by atoms with Crippen LogP contribution in [-0.4, -0.2) is 41.2 Å². The highest BCUT2D eigenvalue weighted by Gasteiger charge is 2.29. The van der Waals surface area contributed by atoms with Gasteiger partial charge in [0.1, 0.15) is 5.75 Å². The molecule has 0 radical (unpaired) electrons. The van der Waals surface area contributed by atoms with Crippen LogP contribution in [0, 0.1) is 0 Å². The number of aromatic nitrogens is 2. The van der Waals surface area contributed by atoms with Gasteiger partial charge in [0.2, 0.25) is 5.91 Å². The predicted octanol–water partition coefficient (Wildman–Crippen LogP) is 2.60. The van der Waals surface area contributed by atoms with Crippen molar-refractivity contribution in [3.05, 3.63) is 40.7 Å². The minimum absolute atomic E-state index is 0.155. The number of likely N-dealkylation sites (tertiary alicyclic amines) is 1. The molecule has 2 aromatic rings. The third kappa shape index (κ3) is 3.48. The van der Waals surface area contributed by atoms with E-state index < -0.39 is 0 Å². The van der Waals surface area contributed by atoms with E-state index in [0.717, 1.165) is 24.2 Å². The minimum atomic E-state index is 0.155. The maximum atomic E-state index is 12.4. The van der Waals surface area contributed by atoms with Crippen LogP contribution in [0.15, 0.2) is 24.4 Å². The van der Waals surface area contributed by atoms with Gasteiger partial charge in [0.25, 0.3) is 0 Å². The van der Waals surface area contributed by atoms with Crippen molar-refractivity contribution < 1.29 is 9.53 Å². The SMILES string of the molecule is COc1ccc(CCC(=O)N2CCC(c3[nH]ncc3N)C2)cc1Cl. The Morgan fingerprint density at radius 1 is 1.54 bits per heavy atom. The Labute approximate surface area is 145 Å². The van der Waals surface area contributed by atoms with E-state index in [1.807, 2.05) is 23.1 Å². The molecule has 1 aliphatic heterocycles. The fourth-order valence-corrected chi connectivity index (χ4v) is 3.41. The van der Waals surface area contributed by atoms with Crippen LogP contribution in [0.2, 0.25) is 5.02 Å². The molecule has 1 aliphatic rings. The smallest absolute Gasteiger partial charge is 0.222 e. The quantitative estimate of drug-likeness (QED) is 0.869. The zero-order valence-corrected chi connectivity index (χ0v) is 14.3. The fourth-order valence-electron chi connectivity index (χ4n) is 3.13. The Morgan fingerprint density at radius 3 is 3.04 bits per heavy atom. The van der Waals surface area contributed by atoms with Crippen LogP contribution < -0.4 is 10.5 Å². The summed E-state index contributed by atoms with van der Waals surface area (Å²) in [7, 11) is 1.58. The number of hydrogen-bond acceptors (Lipinski definition) is 4. The number of nitrogen functional groups attached to an aromatic ring is 1. The van der Waals surface area contributed by atoms with Gasteiger partial charge in [0, 0.05) is 25.4 Å². The molecule has 6 nitrogen and oxygen atoms in total. The van der Waals surface area contributed by atoms with Gasteiger partial charge in [0.05, 0.1) is 29.7 Å². The van der Waals surface area contributed by atoms with Crippen molar-refractivity contribution >= 4 is 23.2 Å². The molecule has 1 fully saturated rings. The Kier molecular flexibility index (Phi) is 4.94. The number of carbonyl (C=O) groups is 1. The summed E-state index contributed by atoms with van der Waals surface area (Å²) >= 11 is 6.12. The summed E-state index contributed by atoms with van der Waals surface area (Å²) in [6.07, 6.45) is 3.66. The van der Waals surface area contributed by atoms with Crippen molar-refractivity contribution in [1.29, 1.82) is 0 Å². The first kappa shape index (κ1) is 16.6. The second-order valence-electron chi connectivity index (χ2n) is 6.03. The molecule has 24 heavy (non-hydrogen) atoms. The van der Waals surface area contributed by atoms with Crippen molar-refractivity contribution in [2.24, 2.45) is 0 Å². The van der Waals surface area contributed by atoms with Gasteiger partial charge in [-0.3, -0.25) is 9.89 Å². The van der Waals surface area contributed by atoms with Crippen molar-refractivity contribution in [3.63, 3.8) is 0 Å². The van der Waals surface area contributed by atoms with Crippen LogP contribution in [0.25, 0.3) is 0 Å². The van der Waals surface area contributed by atoms with Gasteiger partial charge >= 0.3 is 0 Å². The summed E-state index contributed by atoms with van der Waals surface area (Å²) in [5, 5.41) is 7.47. The van der Waals surface area contributed by atoms with Crippen LogP contribution in [0.1, 0.15) is 30.0 Å². The van der Waals surface area contributed by atoms with Crippen LogP contribution in [0.5, 0.6) is 5.75 Å². The number of aromatic amines is 1. The number of ether oxygens (including phenoxy) is 1. The first-order valence-corrected chi connectivity index (χ1v) is 8.35. The van der Waals surface area contributed by atoms with E-state index in [2.05, 4.69) is 10.2 Å². The number of aryl methyl sites for hydroxylation is 1. The van der Waals surface area contributed by atoms with Crippen molar-refractivity contribution in [3.8, 4) is 5.75 Å². The standard InChI is InChI=1S/C17H21ClN4O2/c1-24-15-4-2-11(8-13(15)18)3-5-16(23)22-7-6-12(10-22)17-14(19)9-20-21-17/h2,4,8-9,12H,3,5-7,10,19H2,1H3,(H,20,21). The van der Waals surface area contributed by atoms with E-state index in [1.54, 1.807) is 13.3 Å². The Balaban J connectivity index is 1.54. The lowest BCUT2D eigenvalue weighted by Crippen LogP contribution is -2.28. The highest BCUT2D eigenvalue weighted by atomic mass is 35.5. The third-order valence-electron chi connectivity index (χ3n) is 4.49. The second kappa shape index (κ2) is 7.13. The average molecular weight is 349 g/mol. The van der Waals surface area contributed by atoms with Crippen LogP contribution >= 0.6 is 11.6 Å². The number of benzene rings is 1. The number of halogens is 1. The Bertz CT molecular complexity index is 731. The summed E-state index contributed by atoms with van der Waals surface area (Å²) in [6.45, 7) is 1.44. The first-order chi connectivity index (χ1) is 11.6. The third-order valence-corrected chi connectivity index (χ3v) is 4.79. The number of nitrogens with one attached hydrogen (secondary N) is 1. The van der Waals surface area contributed by atoms with E-state index in [0.29, 0.717) is 35.8 Å². The molecule has 1 amide bonds. The molecule has 1 aromatic carbocycles. The number of amides is 1. The van der Waals surface area contributed by atoms with Gasteiger partial charge in [-0.15, -0.1) is 0 Å². The number of nitrogens with zero attached hydrogens (tertiary/aromatic N) is 2. The molecule has 3 N–H and O–H groups in total. The van der Waals surface area contributed by atoms with Gasteiger partial charge in [-0.1, -0.05) is 17.7 Å². The van der Waals surface area contributed by atoms with E-state index >= 15 is 0 Å². The number of H-pyrrole nitrogens is 1. The van der Waals surface area contributed by atoms with Crippen molar-refractivity contribution in [1.82, 2.24) is 15.1 Å². The van der Waals surface area contributed by atoms with Gasteiger partial charge in [-0.2, -0.15) is 5.10 Å². The largest absolute Gasteiger partial charge is 0.495 e. The molecule has 2 heterocycles. The fraction of sp³-hybridized carbons (Fsp3) is 0.412. The summed E-state index contributed by atoms with van der Waals surface area (Å²) in [5.74, 6) is 1.04. The van der Waals surface area contributed by atoms with Gasteiger partial charge < -0.3 is 15.4 Å². The topological polar surface area (TPSA) is 84.2 Å². The molecule has 0 saturated carbocycles. The molecule has 1 atom stereocenters. The number of carbonyl (C=O) groups excluding carboxylic acids is 1. The van der Waals surface area contributed by atoms with Gasteiger partial charge in [-0.25, -0.2) is 0 Å². The number of rotatable bonds is 5. The molecule has 1 aromatic heterocycles. The number of methoxy groups -OCH3 is 1. The molecule has 128 valence electrons. The van der Waals surface area contributed by atoms with E-state index in [-0.39, 0.29) is 11.8 Å². The lowest BCUT2D eigenvalue weighted by atomic mass is 10.0. The minimum Gasteiger partial charge on any atom is -0.495 e. The van der Waals surface area contributed by atoms with Crippen molar-refractivity contribution in [2.75, 3.05) is 25.9 Å². The van der Waals surface area contributed by atoms with Gasteiger partial charge in [0.15, 0.2) is 0 Å². The van der Waals surface area contributed by atoms with Crippen molar-refractivity contribution in [2.45, 2.75) is 25.2 Å². The van der Waals surface area contributed by atoms with E-state index in [4.69, 9.17) is 22.1 Å². The summed E-state index contributed by atoms with van der Waals surface area (Å²) in [6, 6.07) is 5.62. The van der Waals surface area contributed by atoms with E-state index in [9.17, 15) is 4.79 Å². The molecule has 0 spiro atoms. The maximum Gasteiger partial charge on any atom is 0.222 e. The van der Waals surface area contributed by atoms with Crippen LogP contribution in [0.4, 0.5) is 5.69 Å². The Morgan fingerprint density at radius 2 is 2.38 bits per heavy atom. The zero-order chi connectivity index (χ0) is 17.1. The molecule has 0 bridgehead atoms. The lowest BCUT2D eigenvalue weighted by molar-refractivity contribution is -0.130. The van der Waals surface area contributed by atoms with Crippen LogP contribution in [0.3, 0.4) is 0 Å². The molecule has 1 saturated heterocycles. The maximum absolute atomic E-state index is 12.4. The van der Waals surface area contributed by atoms with Gasteiger partial charge in [-0.05, 0) is 30.5 Å². The molecular formula is C17H21ClN4O2. The Hall–Kier alpha value is -2.21. The average Bonchev–Trinajstić information content (AvgIpc) is 3.21. The molecule has 0 aliphatic carbocycles. The highest BCUT2D eigenvalue weighted by Crippen LogP contribution is 2.30. The normalized spacial score (nSPS) is 17.2. The second-order valence-corrected chi connectivity index (χ2v) is 6.44. The lowest BCUT2D eigenvalue weighted by Gasteiger charge is -2.16. The van der Waals surface area contributed by atoms with E-state index in [1.165, 1.54) is 0 Å². The monoisotopic (exact) mass is 348 g/mol. The summed E-state index contributed by atoms with van der Waals surface area (Å²) < 4.78 is 5.14. The molecule has 3 rings (SSSR count). The highest BCUT2D eigenvalue weighted by molar-refractivity contribution is 6.32. The number of nitrogens with two attached hydrogens (primary N) is 1. The number of hydrogen-bond donors (Lipinski definition) is 2. The summed E-state index contributed by atoms with van der Waals surface area (Å²) in [5.41, 5.74) is 8.53. The molecular weight excluding hydrogens is 328 g/mol. The zero-order valence-electron chi connectivity index (χ0n) is 13.6. The predicted molar refractivity (Wildman–Crippen MR) is 93.3 cm³/mol. The molecule has 7 heteroatoms. The molecule has 1 unspecified atom stereocenters. The summed E-state index contributed by atoms with van der Waals surface area (Å²) in [4.78, 5) is 14.3.